The number of hydrogen-bond acceptors (Lipinski definition) is 2. The summed E-state index contributed by atoms with van der Waals surface area (Å²) in [4.78, 5) is 0. The summed E-state index contributed by atoms with van der Waals surface area (Å²) in [7, 11) is 0. The van der Waals surface area contributed by atoms with Gasteiger partial charge < -0.3 is 0 Å². The summed E-state index contributed by atoms with van der Waals surface area (Å²) in [5, 5.41) is 11.5. The number of nitriles is 1. The van der Waals surface area contributed by atoms with E-state index >= 15 is 0 Å². The van der Waals surface area contributed by atoms with Crippen LogP contribution in [0.3, 0.4) is 0 Å². The summed E-state index contributed by atoms with van der Waals surface area (Å²) < 4.78 is 0. The van der Waals surface area contributed by atoms with Gasteiger partial charge in [0.2, 0.25) is 0 Å². The molecule has 0 radical (unpaired) electrons. The molecule has 0 aliphatic heterocycles. The number of benzene rings is 1. The largest absolute Gasteiger partial charge is 0.298 e. The number of aryl methyl sites for hydroxylation is 1. The molecule has 1 atom stereocenters. The van der Waals surface area contributed by atoms with Gasteiger partial charge in [-0.05, 0) is 19.4 Å². The van der Waals surface area contributed by atoms with Crippen LogP contribution in [0.25, 0.3) is 0 Å². The van der Waals surface area contributed by atoms with Gasteiger partial charge in [0.1, 0.15) is 0 Å². The smallest absolute Gasteiger partial charge is 0.0845 e. The number of nitrogens with zero attached hydrogens (tertiary/aromatic N) is 1. The Hall–Kier alpha value is -1.33. The number of nitrogens with one attached hydrogen (secondary N) is 1. The number of hydrogen-bond donors (Lipinski definition) is 1. The van der Waals surface area contributed by atoms with Crippen molar-refractivity contribution in [1.82, 2.24) is 5.32 Å². The topological polar surface area (TPSA) is 35.8 Å². The van der Waals surface area contributed by atoms with E-state index in [-0.39, 0.29) is 6.04 Å². The normalized spacial score (nSPS) is 12.1. The van der Waals surface area contributed by atoms with E-state index in [1.807, 2.05) is 6.07 Å². The number of rotatable bonds is 3. The van der Waals surface area contributed by atoms with Gasteiger partial charge in [-0.1, -0.05) is 29.8 Å². The Morgan fingerprint density at radius 1 is 1.54 bits per heavy atom. The molecule has 0 heterocycles. The zero-order chi connectivity index (χ0) is 9.68. The molecule has 0 fully saturated rings. The molecule has 0 aromatic heterocycles. The lowest BCUT2D eigenvalue weighted by Crippen LogP contribution is -2.18. The van der Waals surface area contributed by atoms with Gasteiger partial charge in [0, 0.05) is 6.04 Å². The first-order valence-electron chi connectivity index (χ1n) is 4.41. The average Bonchev–Trinajstić information content (AvgIpc) is 2.14. The van der Waals surface area contributed by atoms with Crippen LogP contribution in [0, 0.1) is 18.3 Å². The summed E-state index contributed by atoms with van der Waals surface area (Å²) in [6.45, 7) is 4.53. The Kier molecular flexibility index (Phi) is 3.48. The molecule has 0 aliphatic rings. The predicted molar refractivity (Wildman–Crippen MR) is 53.2 cm³/mol. The first-order valence-corrected chi connectivity index (χ1v) is 4.41. The maximum Gasteiger partial charge on any atom is 0.0845 e. The van der Waals surface area contributed by atoms with Crippen molar-refractivity contribution >= 4 is 0 Å². The van der Waals surface area contributed by atoms with Crippen molar-refractivity contribution in [3.63, 3.8) is 0 Å². The minimum Gasteiger partial charge on any atom is -0.298 e. The zero-order valence-electron chi connectivity index (χ0n) is 8.04. The van der Waals surface area contributed by atoms with Crippen molar-refractivity contribution < 1.29 is 0 Å². The molecule has 1 N–H and O–H groups in total. The van der Waals surface area contributed by atoms with Gasteiger partial charge in [-0.3, -0.25) is 5.32 Å². The van der Waals surface area contributed by atoms with E-state index in [1.165, 1.54) is 11.1 Å². The quantitative estimate of drug-likeness (QED) is 0.713. The highest BCUT2D eigenvalue weighted by Crippen LogP contribution is 2.12. The Morgan fingerprint density at radius 2 is 2.31 bits per heavy atom. The highest BCUT2D eigenvalue weighted by molar-refractivity contribution is 5.24. The third-order valence-corrected chi connectivity index (χ3v) is 2.03. The van der Waals surface area contributed by atoms with Gasteiger partial charge in [-0.25, -0.2) is 0 Å². The van der Waals surface area contributed by atoms with Crippen molar-refractivity contribution in [1.29, 1.82) is 5.26 Å². The lowest BCUT2D eigenvalue weighted by atomic mass is 10.1. The van der Waals surface area contributed by atoms with Crippen LogP contribution in [0.4, 0.5) is 0 Å². The lowest BCUT2D eigenvalue weighted by Gasteiger charge is -2.11. The van der Waals surface area contributed by atoms with Crippen molar-refractivity contribution in [2.24, 2.45) is 0 Å². The maximum atomic E-state index is 8.40. The Bertz CT molecular complexity index is 312. The highest BCUT2D eigenvalue weighted by atomic mass is 14.9. The van der Waals surface area contributed by atoms with Crippen LogP contribution in [-0.2, 0) is 0 Å². The summed E-state index contributed by atoms with van der Waals surface area (Å²) >= 11 is 0. The average molecular weight is 174 g/mol. The monoisotopic (exact) mass is 174 g/mol. The van der Waals surface area contributed by atoms with E-state index < -0.39 is 0 Å². The minimum absolute atomic E-state index is 0.250. The lowest BCUT2D eigenvalue weighted by molar-refractivity contribution is 0.620. The molecule has 0 spiro atoms. The fourth-order valence-corrected chi connectivity index (χ4v) is 1.26. The van der Waals surface area contributed by atoms with E-state index in [0.717, 1.165) is 0 Å². The molecular weight excluding hydrogens is 160 g/mol. The van der Waals surface area contributed by atoms with Gasteiger partial charge in [-0.2, -0.15) is 5.26 Å². The standard InChI is InChI=1S/C11H14N2/c1-9-4-3-5-11(8-9)10(2)13-7-6-12/h3-5,8,10,13H,7H2,1-2H3/t10-/m0/s1. The van der Waals surface area contributed by atoms with Crippen LogP contribution in [0.5, 0.6) is 0 Å². The van der Waals surface area contributed by atoms with Crippen LogP contribution in [0.15, 0.2) is 24.3 Å². The molecule has 0 unspecified atom stereocenters. The third-order valence-electron chi connectivity index (χ3n) is 2.03. The summed E-state index contributed by atoms with van der Waals surface area (Å²) in [6.07, 6.45) is 0. The molecular formula is C11H14N2. The van der Waals surface area contributed by atoms with Crippen LogP contribution >= 0.6 is 0 Å². The SMILES string of the molecule is Cc1cccc([C@H](C)NCC#N)c1. The predicted octanol–water partition coefficient (Wildman–Crippen LogP) is 2.17. The minimum atomic E-state index is 0.250. The molecule has 0 bridgehead atoms. The Morgan fingerprint density at radius 3 is 2.92 bits per heavy atom. The Labute approximate surface area is 79.2 Å². The van der Waals surface area contributed by atoms with Crippen molar-refractivity contribution in [2.75, 3.05) is 6.54 Å². The second kappa shape index (κ2) is 4.64. The van der Waals surface area contributed by atoms with Crippen molar-refractivity contribution in [3.05, 3.63) is 35.4 Å². The highest BCUT2D eigenvalue weighted by Gasteiger charge is 2.02. The Balaban J connectivity index is 2.66. The van der Waals surface area contributed by atoms with E-state index in [0.29, 0.717) is 6.54 Å². The zero-order valence-corrected chi connectivity index (χ0v) is 8.04. The molecule has 2 nitrogen and oxygen atoms in total. The van der Waals surface area contributed by atoms with Gasteiger partial charge in [0.15, 0.2) is 0 Å². The van der Waals surface area contributed by atoms with Crippen LogP contribution < -0.4 is 5.32 Å². The van der Waals surface area contributed by atoms with Gasteiger partial charge in [-0.15, -0.1) is 0 Å². The summed E-state index contributed by atoms with van der Waals surface area (Å²) in [5.74, 6) is 0. The van der Waals surface area contributed by atoms with Crippen molar-refractivity contribution in [3.8, 4) is 6.07 Å². The molecule has 0 saturated heterocycles. The van der Waals surface area contributed by atoms with Crippen LogP contribution in [0.2, 0.25) is 0 Å². The van der Waals surface area contributed by atoms with E-state index in [1.54, 1.807) is 0 Å². The maximum absolute atomic E-state index is 8.40. The molecule has 1 rings (SSSR count). The third kappa shape index (κ3) is 2.89. The van der Waals surface area contributed by atoms with Gasteiger partial charge >= 0.3 is 0 Å². The molecule has 0 saturated carbocycles. The first-order chi connectivity index (χ1) is 6.24. The molecule has 1 aromatic rings. The first kappa shape index (κ1) is 9.76. The fraction of sp³-hybridized carbons (Fsp3) is 0.364. The second-order valence-corrected chi connectivity index (χ2v) is 3.17. The van der Waals surface area contributed by atoms with Crippen molar-refractivity contribution in [2.45, 2.75) is 19.9 Å². The molecule has 0 aliphatic carbocycles. The summed E-state index contributed by atoms with van der Waals surface area (Å²) in [5.41, 5.74) is 2.48. The molecule has 0 amide bonds. The second-order valence-electron chi connectivity index (χ2n) is 3.17. The molecule has 13 heavy (non-hydrogen) atoms. The molecule has 2 heteroatoms. The van der Waals surface area contributed by atoms with E-state index in [4.69, 9.17) is 5.26 Å². The molecule has 68 valence electrons. The van der Waals surface area contributed by atoms with E-state index in [2.05, 4.69) is 43.4 Å². The van der Waals surface area contributed by atoms with E-state index in [9.17, 15) is 0 Å². The summed E-state index contributed by atoms with van der Waals surface area (Å²) in [6, 6.07) is 10.6. The fourth-order valence-electron chi connectivity index (χ4n) is 1.26. The van der Waals surface area contributed by atoms with Gasteiger partial charge in [0.25, 0.3) is 0 Å². The van der Waals surface area contributed by atoms with Crippen LogP contribution in [-0.4, -0.2) is 6.54 Å². The molecule has 1 aromatic carbocycles. The van der Waals surface area contributed by atoms with Crippen LogP contribution in [0.1, 0.15) is 24.1 Å². The van der Waals surface area contributed by atoms with Gasteiger partial charge in [0.05, 0.1) is 12.6 Å².